The second-order valence-corrected chi connectivity index (χ2v) is 5.07. The Morgan fingerprint density at radius 1 is 1.47 bits per heavy atom. The number of nitrogens with two attached hydrogens (primary N) is 1. The maximum absolute atomic E-state index is 6.40. The Kier molecular flexibility index (Phi) is 4.02. The molecule has 2 unspecified atom stereocenters. The van der Waals surface area contributed by atoms with Crippen molar-refractivity contribution in [2.24, 2.45) is 11.7 Å². The molecule has 0 saturated carbocycles. The Hall–Kier alpha value is -1.06. The summed E-state index contributed by atoms with van der Waals surface area (Å²) in [6.07, 6.45) is 2.51. The van der Waals surface area contributed by atoms with Crippen molar-refractivity contribution >= 4 is 5.69 Å². The van der Waals surface area contributed by atoms with Crippen LogP contribution in [0.4, 0.5) is 5.69 Å². The SMILES string of the molecule is CNc1cccc(C(N)C2CCCN(C)C2)c1. The van der Waals surface area contributed by atoms with Crippen molar-refractivity contribution in [1.29, 1.82) is 0 Å². The van der Waals surface area contributed by atoms with Crippen LogP contribution in [0.5, 0.6) is 0 Å². The molecule has 1 fully saturated rings. The first-order chi connectivity index (χ1) is 8.20. The van der Waals surface area contributed by atoms with Crippen LogP contribution in [0.1, 0.15) is 24.4 Å². The topological polar surface area (TPSA) is 41.3 Å². The molecule has 17 heavy (non-hydrogen) atoms. The fraction of sp³-hybridized carbons (Fsp3) is 0.571. The Morgan fingerprint density at radius 3 is 3.00 bits per heavy atom. The fourth-order valence-electron chi connectivity index (χ4n) is 2.67. The number of nitrogens with one attached hydrogen (secondary N) is 1. The number of hydrogen-bond acceptors (Lipinski definition) is 3. The quantitative estimate of drug-likeness (QED) is 0.840. The summed E-state index contributed by atoms with van der Waals surface area (Å²) in [6, 6.07) is 8.61. The molecule has 0 bridgehead atoms. The summed E-state index contributed by atoms with van der Waals surface area (Å²) in [5, 5.41) is 3.17. The van der Waals surface area contributed by atoms with Crippen LogP contribution < -0.4 is 11.1 Å². The van der Waals surface area contributed by atoms with E-state index in [4.69, 9.17) is 5.73 Å². The monoisotopic (exact) mass is 233 g/mol. The molecule has 1 aliphatic rings. The highest BCUT2D eigenvalue weighted by molar-refractivity contribution is 5.45. The van der Waals surface area contributed by atoms with Crippen LogP contribution in [0.25, 0.3) is 0 Å². The van der Waals surface area contributed by atoms with Gasteiger partial charge in [0.1, 0.15) is 0 Å². The molecule has 1 saturated heterocycles. The van der Waals surface area contributed by atoms with Crippen LogP contribution in [-0.4, -0.2) is 32.1 Å². The Morgan fingerprint density at radius 2 is 2.29 bits per heavy atom. The number of anilines is 1. The standard InChI is InChI=1S/C14H23N3/c1-16-13-7-3-5-11(9-13)14(15)12-6-4-8-17(2)10-12/h3,5,7,9,12,14,16H,4,6,8,10,15H2,1-2H3. The Balaban J connectivity index is 2.09. The van der Waals surface area contributed by atoms with E-state index in [0.29, 0.717) is 5.92 Å². The molecule has 94 valence electrons. The highest BCUT2D eigenvalue weighted by Crippen LogP contribution is 2.28. The fourth-order valence-corrected chi connectivity index (χ4v) is 2.67. The number of piperidine rings is 1. The van der Waals surface area contributed by atoms with Crippen LogP contribution >= 0.6 is 0 Å². The molecule has 0 aromatic heterocycles. The molecule has 1 aromatic carbocycles. The summed E-state index contributed by atoms with van der Waals surface area (Å²) < 4.78 is 0. The molecule has 1 aromatic rings. The molecule has 3 nitrogen and oxygen atoms in total. The number of rotatable bonds is 3. The molecule has 2 rings (SSSR count). The first kappa shape index (κ1) is 12.4. The number of nitrogens with zero attached hydrogens (tertiary/aromatic N) is 1. The van der Waals surface area contributed by atoms with E-state index in [-0.39, 0.29) is 6.04 Å². The summed E-state index contributed by atoms with van der Waals surface area (Å²) in [6.45, 7) is 2.32. The van der Waals surface area contributed by atoms with Crippen molar-refractivity contribution in [1.82, 2.24) is 4.90 Å². The average molecular weight is 233 g/mol. The van der Waals surface area contributed by atoms with Crippen LogP contribution in [-0.2, 0) is 0 Å². The molecule has 0 spiro atoms. The van der Waals surface area contributed by atoms with Gasteiger partial charge < -0.3 is 16.0 Å². The minimum absolute atomic E-state index is 0.158. The van der Waals surface area contributed by atoms with Gasteiger partial charge in [0.15, 0.2) is 0 Å². The van der Waals surface area contributed by atoms with Gasteiger partial charge in [-0.2, -0.15) is 0 Å². The molecule has 0 radical (unpaired) electrons. The average Bonchev–Trinajstić information content (AvgIpc) is 2.38. The van der Waals surface area contributed by atoms with Gasteiger partial charge in [-0.3, -0.25) is 0 Å². The summed E-state index contributed by atoms with van der Waals surface area (Å²) in [4.78, 5) is 2.38. The molecule has 0 aliphatic carbocycles. The lowest BCUT2D eigenvalue weighted by molar-refractivity contribution is 0.188. The number of benzene rings is 1. The summed E-state index contributed by atoms with van der Waals surface area (Å²) in [5.41, 5.74) is 8.79. The lowest BCUT2D eigenvalue weighted by Gasteiger charge is -2.33. The third kappa shape index (κ3) is 2.99. The van der Waals surface area contributed by atoms with Crippen molar-refractivity contribution in [3.63, 3.8) is 0 Å². The third-order valence-electron chi connectivity index (χ3n) is 3.73. The van der Waals surface area contributed by atoms with Gasteiger partial charge in [0.2, 0.25) is 0 Å². The van der Waals surface area contributed by atoms with Gasteiger partial charge >= 0.3 is 0 Å². The summed E-state index contributed by atoms with van der Waals surface area (Å²) >= 11 is 0. The minimum atomic E-state index is 0.158. The smallest absolute Gasteiger partial charge is 0.0340 e. The Labute approximate surface area is 104 Å². The maximum atomic E-state index is 6.40. The molecule has 0 amide bonds. The van der Waals surface area contributed by atoms with E-state index >= 15 is 0 Å². The van der Waals surface area contributed by atoms with E-state index in [1.54, 1.807) is 0 Å². The number of hydrogen-bond donors (Lipinski definition) is 2. The maximum Gasteiger partial charge on any atom is 0.0340 e. The first-order valence-corrected chi connectivity index (χ1v) is 6.42. The Bertz CT molecular complexity index is 364. The lowest BCUT2D eigenvalue weighted by Crippen LogP contribution is -2.37. The second kappa shape index (κ2) is 5.52. The molecule has 3 heteroatoms. The van der Waals surface area contributed by atoms with Crippen LogP contribution in [0, 0.1) is 5.92 Å². The largest absolute Gasteiger partial charge is 0.388 e. The van der Waals surface area contributed by atoms with E-state index in [9.17, 15) is 0 Å². The predicted molar refractivity (Wildman–Crippen MR) is 73.1 cm³/mol. The molecule has 3 N–H and O–H groups in total. The molecule has 2 atom stereocenters. The second-order valence-electron chi connectivity index (χ2n) is 5.07. The molecule has 1 aliphatic heterocycles. The van der Waals surface area contributed by atoms with E-state index in [1.165, 1.54) is 24.9 Å². The highest BCUT2D eigenvalue weighted by Gasteiger charge is 2.24. The van der Waals surface area contributed by atoms with Crippen LogP contribution in [0.15, 0.2) is 24.3 Å². The van der Waals surface area contributed by atoms with Gasteiger partial charge in [0, 0.05) is 25.3 Å². The van der Waals surface area contributed by atoms with E-state index < -0.39 is 0 Å². The van der Waals surface area contributed by atoms with E-state index in [2.05, 4.69) is 41.5 Å². The van der Waals surface area contributed by atoms with Gasteiger partial charge in [-0.15, -0.1) is 0 Å². The van der Waals surface area contributed by atoms with E-state index in [1.807, 2.05) is 7.05 Å². The molecular weight excluding hydrogens is 210 g/mol. The van der Waals surface area contributed by atoms with Crippen molar-refractivity contribution in [3.8, 4) is 0 Å². The van der Waals surface area contributed by atoms with Crippen molar-refractivity contribution in [2.45, 2.75) is 18.9 Å². The number of likely N-dealkylation sites (tertiary alicyclic amines) is 1. The van der Waals surface area contributed by atoms with Gasteiger partial charge in [0.05, 0.1) is 0 Å². The zero-order valence-corrected chi connectivity index (χ0v) is 10.8. The van der Waals surface area contributed by atoms with Crippen LogP contribution in [0.3, 0.4) is 0 Å². The minimum Gasteiger partial charge on any atom is -0.388 e. The van der Waals surface area contributed by atoms with Crippen molar-refractivity contribution in [3.05, 3.63) is 29.8 Å². The van der Waals surface area contributed by atoms with Gasteiger partial charge in [0.25, 0.3) is 0 Å². The third-order valence-corrected chi connectivity index (χ3v) is 3.73. The van der Waals surface area contributed by atoms with E-state index in [0.717, 1.165) is 12.2 Å². The molecule has 1 heterocycles. The summed E-state index contributed by atoms with van der Waals surface area (Å²) in [7, 11) is 4.13. The zero-order valence-electron chi connectivity index (χ0n) is 10.8. The first-order valence-electron chi connectivity index (χ1n) is 6.42. The normalized spacial score (nSPS) is 23.4. The highest BCUT2D eigenvalue weighted by atomic mass is 15.1. The van der Waals surface area contributed by atoms with Crippen molar-refractivity contribution < 1.29 is 0 Å². The van der Waals surface area contributed by atoms with Gasteiger partial charge in [-0.05, 0) is 50.0 Å². The summed E-state index contributed by atoms with van der Waals surface area (Å²) in [5.74, 6) is 0.584. The predicted octanol–water partition coefficient (Wildman–Crippen LogP) is 2.07. The van der Waals surface area contributed by atoms with Crippen molar-refractivity contribution in [2.75, 3.05) is 32.5 Å². The van der Waals surface area contributed by atoms with Crippen LogP contribution in [0.2, 0.25) is 0 Å². The zero-order chi connectivity index (χ0) is 12.3. The van der Waals surface area contributed by atoms with Gasteiger partial charge in [-0.1, -0.05) is 12.1 Å². The van der Waals surface area contributed by atoms with Gasteiger partial charge in [-0.25, -0.2) is 0 Å². The lowest BCUT2D eigenvalue weighted by atomic mass is 9.87. The molecular formula is C14H23N3.